The molecule has 0 unspecified atom stereocenters. The van der Waals surface area contributed by atoms with Crippen LogP contribution < -0.4 is 0 Å². The van der Waals surface area contributed by atoms with Crippen LogP contribution in [0.25, 0.3) is 0 Å². The fraction of sp³-hybridized carbons (Fsp3) is 0.545. The maximum atomic E-state index is 9.68. The maximum absolute atomic E-state index is 9.68. The molecule has 0 saturated carbocycles. The van der Waals surface area contributed by atoms with Gasteiger partial charge < -0.3 is 5.11 Å². The van der Waals surface area contributed by atoms with Gasteiger partial charge in [0.1, 0.15) is 6.10 Å². The summed E-state index contributed by atoms with van der Waals surface area (Å²) >= 11 is 0. The fourth-order valence-electron chi connectivity index (χ4n) is 1.42. The van der Waals surface area contributed by atoms with E-state index in [4.69, 9.17) is 0 Å². The average molecular weight is 165 g/mol. The first-order valence-corrected chi connectivity index (χ1v) is 4.34. The Hall–Kier alpha value is -0.560. The minimum Gasteiger partial charge on any atom is -0.382 e. The first-order chi connectivity index (χ1) is 5.41. The highest BCUT2D eigenvalue weighted by Crippen LogP contribution is 2.36. The van der Waals surface area contributed by atoms with Crippen molar-refractivity contribution in [1.29, 1.82) is 0 Å². The van der Waals surface area contributed by atoms with Gasteiger partial charge >= 0.3 is 0 Å². The summed E-state index contributed by atoms with van der Waals surface area (Å²) in [6.45, 7) is 8.38. The Morgan fingerprint density at radius 3 is 2.25 bits per heavy atom. The van der Waals surface area contributed by atoms with Crippen LogP contribution in [0.4, 0.5) is 0 Å². The summed E-state index contributed by atoms with van der Waals surface area (Å²) in [6.07, 6.45) is 5.35. The molecule has 0 fully saturated rings. The molecular formula is C11H17O. The molecule has 0 bridgehead atoms. The SMILES string of the molecule is CC1=CC=C(C(C)(C)C)[C](O)C1. The topological polar surface area (TPSA) is 20.2 Å². The minimum absolute atomic E-state index is 0.0568. The van der Waals surface area contributed by atoms with Gasteiger partial charge in [0.25, 0.3) is 0 Å². The van der Waals surface area contributed by atoms with Gasteiger partial charge in [0.05, 0.1) is 0 Å². The molecule has 0 aromatic carbocycles. The number of aliphatic hydroxyl groups is 1. The van der Waals surface area contributed by atoms with Gasteiger partial charge in [0, 0.05) is 6.42 Å². The van der Waals surface area contributed by atoms with Gasteiger partial charge in [-0.25, -0.2) is 0 Å². The fourth-order valence-corrected chi connectivity index (χ4v) is 1.42. The third-order valence-electron chi connectivity index (χ3n) is 2.10. The molecule has 0 saturated heterocycles. The molecule has 1 rings (SSSR count). The number of rotatable bonds is 0. The Balaban J connectivity index is 2.91. The van der Waals surface area contributed by atoms with Crippen molar-refractivity contribution in [3.05, 3.63) is 29.4 Å². The van der Waals surface area contributed by atoms with Crippen molar-refractivity contribution < 1.29 is 5.11 Å². The lowest BCUT2D eigenvalue weighted by Crippen LogP contribution is -2.18. The molecule has 1 N–H and O–H groups in total. The van der Waals surface area contributed by atoms with E-state index in [9.17, 15) is 5.11 Å². The molecule has 0 spiro atoms. The number of allylic oxidation sites excluding steroid dienone is 2. The zero-order chi connectivity index (χ0) is 9.35. The number of hydrogen-bond donors (Lipinski definition) is 1. The van der Waals surface area contributed by atoms with Gasteiger partial charge in [-0.2, -0.15) is 0 Å². The number of hydrogen-bond acceptors (Lipinski definition) is 1. The molecule has 67 valence electrons. The maximum Gasteiger partial charge on any atom is 0.123 e. The van der Waals surface area contributed by atoms with Crippen LogP contribution in [0.2, 0.25) is 0 Å². The van der Waals surface area contributed by atoms with Crippen LogP contribution in [0, 0.1) is 11.5 Å². The first-order valence-electron chi connectivity index (χ1n) is 4.34. The van der Waals surface area contributed by atoms with Gasteiger partial charge in [-0.05, 0) is 17.9 Å². The van der Waals surface area contributed by atoms with Crippen molar-refractivity contribution in [2.24, 2.45) is 5.41 Å². The van der Waals surface area contributed by atoms with E-state index >= 15 is 0 Å². The largest absolute Gasteiger partial charge is 0.382 e. The molecular weight excluding hydrogens is 148 g/mol. The average Bonchev–Trinajstić information content (AvgIpc) is 1.83. The van der Waals surface area contributed by atoms with Crippen molar-refractivity contribution in [2.45, 2.75) is 34.1 Å². The highest BCUT2D eigenvalue weighted by Gasteiger charge is 2.26. The van der Waals surface area contributed by atoms with E-state index in [1.807, 2.05) is 13.0 Å². The summed E-state index contributed by atoms with van der Waals surface area (Å²) in [6, 6.07) is 0. The Morgan fingerprint density at radius 2 is 1.83 bits per heavy atom. The Morgan fingerprint density at radius 1 is 1.25 bits per heavy atom. The summed E-state index contributed by atoms with van der Waals surface area (Å²) in [5, 5.41) is 9.68. The van der Waals surface area contributed by atoms with Crippen molar-refractivity contribution in [1.82, 2.24) is 0 Å². The predicted octanol–water partition coefficient (Wildman–Crippen LogP) is 3.21. The van der Waals surface area contributed by atoms with E-state index in [-0.39, 0.29) is 5.41 Å². The quantitative estimate of drug-likeness (QED) is 0.584. The van der Waals surface area contributed by atoms with E-state index in [1.165, 1.54) is 5.57 Å². The van der Waals surface area contributed by atoms with Gasteiger partial charge in [0.15, 0.2) is 0 Å². The van der Waals surface area contributed by atoms with Gasteiger partial charge in [-0.15, -0.1) is 0 Å². The summed E-state index contributed by atoms with van der Waals surface area (Å²) in [4.78, 5) is 0. The smallest absolute Gasteiger partial charge is 0.123 e. The van der Waals surface area contributed by atoms with Gasteiger partial charge in [-0.3, -0.25) is 0 Å². The van der Waals surface area contributed by atoms with Crippen LogP contribution in [-0.2, 0) is 0 Å². The molecule has 0 aromatic rings. The second-order valence-corrected chi connectivity index (χ2v) is 4.47. The highest BCUT2D eigenvalue weighted by atomic mass is 16.3. The summed E-state index contributed by atoms with van der Waals surface area (Å²) in [5.41, 5.74) is 2.34. The highest BCUT2D eigenvalue weighted by molar-refractivity contribution is 5.36. The molecule has 0 atom stereocenters. The second kappa shape index (κ2) is 3.06. The Kier molecular flexibility index (Phi) is 2.43. The zero-order valence-electron chi connectivity index (χ0n) is 8.31. The molecule has 1 nitrogen and oxygen atoms in total. The van der Waals surface area contributed by atoms with Crippen LogP contribution in [0.1, 0.15) is 34.1 Å². The third-order valence-corrected chi connectivity index (χ3v) is 2.10. The molecule has 0 aromatic heterocycles. The van der Waals surface area contributed by atoms with E-state index in [0.29, 0.717) is 12.5 Å². The van der Waals surface area contributed by atoms with Crippen molar-refractivity contribution in [3.63, 3.8) is 0 Å². The number of aliphatic hydroxyl groups excluding tert-OH is 1. The van der Waals surface area contributed by atoms with Gasteiger partial charge in [0.2, 0.25) is 0 Å². The van der Waals surface area contributed by atoms with Crippen LogP contribution in [0.3, 0.4) is 0 Å². The van der Waals surface area contributed by atoms with E-state index in [1.54, 1.807) is 0 Å². The van der Waals surface area contributed by atoms with Crippen LogP contribution in [-0.4, -0.2) is 5.11 Å². The standard InChI is InChI=1S/C11H17O/c1-8-5-6-9(10(12)7-8)11(2,3)4/h5-6,12H,7H2,1-4H3. The van der Waals surface area contributed by atoms with Crippen LogP contribution in [0.5, 0.6) is 0 Å². The Bertz CT molecular complexity index is 228. The second-order valence-electron chi connectivity index (χ2n) is 4.47. The van der Waals surface area contributed by atoms with Crippen LogP contribution >= 0.6 is 0 Å². The molecule has 1 heteroatoms. The minimum atomic E-state index is 0.0568. The summed E-state index contributed by atoms with van der Waals surface area (Å²) < 4.78 is 0. The van der Waals surface area contributed by atoms with Crippen molar-refractivity contribution in [2.75, 3.05) is 0 Å². The molecule has 12 heavy (non-hydrogen) atoms. The first kappa shape index (κ1) is 9.53. The monoisotopic (exact) mass is 165 g/mol. The molecule has 1 radical (unpaired) electrons. The predicted molar refractivity (Wildman–Crippen MR) is 51.1 cm³/mol. The molecule has 0 heterocycles. The van der Waals surface area contributed by atoms with Gasteiger partial charge in [-0.1, -0.05) is 38.5 Å². The summed E-state index contributed by atoms with van der Waals surface area (Å²) in [5.74, 6) is 0. The normalized spacial score (nSPS) is 20.4. The van der Waals surface area contributed by atoms with Crippen molar-refractivity contribution in [3.8, 4) is 0 Å². The molecule has 1 aliphatic carbocycles. The van der Waals surface area contributed by atoms with Crippen LogP contribution in [0.15, 0.2) is 23.3 Å². The lowest BCUT2D eigenvalue weighted by atomic mass is 9.79. The lowest BCUT2D eigenvalue weighted by molar-refractivity contribution is 0.284. The van der Waals surface area contributed by atoms with Crippen molar-refractivity contribution >= 4 is 0 Å². The Labute approximate surface area is 74.8 Å². The van der Waals surface area contributed by atoms with E-state index in [0.717, 1.165) is 5.57 Å². The molecule has 0 aliphatic heterocycles. The van der Waals surface area contributed by atoms with E-state index < -0.39 is 0 Å². The molecule has 0 amide bonds. The molecule has 1 aliphatic rings. The van der Waals surface area contributed by atoms with E-state index in [2.05, 4.69) is 26.8 Å². The summed E-state index contributed by atoms with van der Waals surface area (Å²) in [7, 11) is 0. The zero-order valence-corrected chi connectivity index (χ0v) is 8.31. The lowest BCUT2D eigenvalue weighted by Gasteiger charge is -2.28. The third kappa shape index (κ3) is 1.98.